The highest BCUT2D eigenvalue weighted by molar-refractivity contribution is 7.92. The minimum absolute atomic E-state index is 0.0441. The fraction of sp³-hybridized carbons (Fsp3) is 0.143. The molecule has 7 heteroatoms. The quantitative estimate of drug-likeness (QED) is 0.886. The van der Waals surface area contributed by atoms with E-state index in [1.165, 1.54) is 30.3 Å². The van der Waals surface area contributed by atoms with Crippen LogP contribution in [0, 0.1) is 5.82 Å². The Labute approximate surface area is 127 Å². The molecule has 0 aliphatic rings. The zero-order chi connectivity index (χ0) is 15.5. The third kappa shape index (κ3) is 3.72. The molecule has 0 saturated carbocycles. The van der Waals surface area contributed by atoms with Gasteiger partial charge in [0.25, 0.3) is 10.0 Å². The Morgan fingerprint density at radius 2 is 1.81 bits per heavy atom. The molecule has 0 saturated heterocycles. The Morgan fingerprint density at radius 1 is 1.14 bits per heavy atom. The summed E-state index contributed by atoms with van der Waals surface area (Å²) in [5.74, 6) is -0.803. The van der Waals surface area contributed by atoms with Gasteiger partial charge in [-0.2, -0.15) is 0 Å². The maximum atomic E-state index is 13.7. The summed E-state index contributed by atoms with van der Waals surface area (Å²) >= 11 is 5.62. The van der Waals surface area contributed by atoms with Gasteiger partial charge in [-0.1, -0.05) is 29.8 Å². The van der Waals surface area contributed by atoms with Crippen LogP contribution in [-0.2, 0) is 16.4 Å². The monoisotopic (exact) mass is 328 g/mol. The van der Waals surface area contributed by atoms with Gasteiger partial charge in [0, 0.05) is 0 Å². The zero-order valence-electron chi connectivity index (χ0n) is 11.0. The molecule has 0 radical (unpaired) electrons. The summed E-state index contributed by atoms with van der Waals surface area (Å²) in [6.07, 6.45) is 0.663. The highest BCUT2D eigenvalue weighted by atomic mass is 35.5. The van der Waals surface area contributed by atoms with E-state index in [0.717, 1.165) is 5.56 Å². The number of anilines is 1. The number of hydrogen-bond donors (Lipinski definition) is 2. The lowest BCUT2D eigenvalue weighted by Gasteiger charge is -2.10. The van der Waals surface area contributed by atoms with Crippen molar-refractivity contribution in [3.63, 3.8) is 0 Å². The molecule has 4 nitrogen and oxygen atoms in total. The first-order valence-electron chi connectivity index (χ1n) is 6.20. The van der Waals surface area contributed by atoms with Crippen molar-refractivity contribution in [2.24, 2.45) is 5.73 Å². The van der Waals surface area contributed by atoms with Gasteiger partial charge >= 0.3 is 0 Å². The molecule has 2 aromatic carbocycles. The molecular weight excluding hydrogens is 315 g/mol. The maximum absolute atomic E-state index is 13.7. The van der Waals surface area contributed by atoms with E-state index >= 15 is 0 Å². The van der Waals surface area contributed by atoms with E-state index in [2.05, 4.69) is 4.72 Å². The van der Waals surface area contributed by atoms with Crippen LogP contribution in [0.3, 0.4) is 0 Å². The van der Waals surface area contributed by atoms with Gasteiger partial charge in [-0.15, -0.1) is 0 Å². The number of nitrogens with one attached hydrogen (secondary N) is 1. The van der Waals surface area contributed by atoms with Crippen molar-refractivity contribution in [3.05, 3.63) is 58.9 Å². The van der Waals surface area contributed by atoms with E-state index in [9.17, 15) is 12.8 Å². The van der Waals surface area contributed by atoms with Gasteiger partial charge in [-0.05, 0) is 42.8 Å². The lowest BCUT2D eigenvalue weighted by Crippen LogP contribution is -2.14. The Balaban J connectivity index is 2.27. The molecular formula is C14H14ClFN2O2S. The minimum atomic E-state index is -3.86. The average molecular weight is 329 g/mol. The Hall–Kier alpha value is -1.63. The summed E-state index contributed by atoms with van der Waals surface area (Å²) < 4.78 is 40.3. The van der Waals surface area contributed by atoms with E-state index in [0.29, 0.717) is 13.0 Å². The van der Waals surface area contributed by atoms with Crippen molar-refractivity contribution < 1.29 is 12.8 Å². The maximum Gasteiger partial charge on any atom is 0.261 e. The predicted molar refractivity (Wildman–Crippen MR) is 81.4 cm³/mol. The summed E-state index contributed by atoms with van der Waals surface area (Å²) in [6, 6.07) is 10.4. The van der Waals surface area contributed by atoms with Crippen LogP contribution in [0.15, 0.2) is 47.4 Å². The number of benzene rings is 2. The molecule has 2 rings (SSSR count). The molecule has 0 spiro atoms. The summed E-state index contributed by atoms with van der Waals surface area (Å²) in [7, 11) is -3.86. The minimum Gasteiger partial charge on any atom is -0.330 e. The van der Waals surface area contributed by atoms with Crippen LogP contribution < -0.4 is 10.5 Å². The first-order valence-corrected chi connectivity index (χ1v) is 8.06. The Morgan fingerprint density at radius 3 is 2.43 bits per heavy atom. The number of halogens is 2. The molecule has 0 aliphatic carbocycles. The lowest BCUT2D eigenvalue weighted by atomic mass is 10.2. The van der Waals surface area contributed by atoms with Crippen molar-refractivity contribution in [1.29, 1.82) is 0 Å². The molecule has 21 heavy (non-hydrogen) atoms. The van der Waals surface area contributed by atoms with Crippen LogP contribution in [-0.4, -0.2) is 15.0 Å². The van der Waals surface area contributed by atoms with Gasteiger partial charge in [-0.3, -0.25) is 4.72 Å². The predicted octanol–water partition coefficient (Wildman–Crippen LogP) is 2.78. The summed E-state index contributed by atoms with van der Waals surface area (Å²) in [5, 5.41) is -0.145. The molecule has 0 aromatic heterocycles. The summed E-state index contributed by atoms with van der Waals surface area (Å²) in [5.41, 5.74) is 6.18. The van der Waals surface area contributed by atoms with Crippen molar-refractivity contribution in [2.75, 3.05) is 11.3 Å². The van der Waals surface area contributed by atoms with Crippen LogP contribution >= 0.6 is 11.6 Å². The van der Waals surface area contributed by atoms with Crippen LogP contribution in [0.2, 0.25) is 5.02 Å². The zero-order valence-corrected chi connectivity index (χ0v) is 12.6. The van der Waals surface area contributed by atoms with E-state index in [1.807, 2.05) is 0 Å². The molecule has 0 atom stereocenters. The molecule has 3 N–H and O–H groups in total. The van der Waals surface area contributed by atoms with Crippen molar-refractivity contribution >= 4 is 27.3 Å². The van der Waals surface area contributed by atoms with Gasteiger partial charge in [0.05, 0.1) is 15.6 Å². The largest absolute Gasteiger partial charge is 0.330 e. The van der Waals surface area contributed by atoms with Crippen LogP contribution in [0.1, 0.15) is 5.56 Å². The Bertz CT molecular complexity index is 733. The van der Waals surface area contributed by atoms with Gasteiger partial charge in [-0.25, -0.2) is 12.8 Å². The normalized spacial score (nSPS) is 11.4. The van der Waals surface area contributed by atoms with Crippen molar-refractivity contribution in [2.45, 2.75) is 11.3 Å². The molecule has 0 amide bonds. The van der Waals surface area contributed by atoms with Crippen LogP contribution in [0.25, 0.3) is 0 Å². The smallest absolute Gasteiger partial charge is 0.261 e. The fourth-order valence-corrected chi connectivity index (χ4v) is 3.02. The first-order chi connectivity index (χ1) is 9.94. The van der Waals surface area contributed by atoms with Crippen LogP contribution in [0.4, 0.5) is 10.1 Å². The standard InChI is InChI=1S/C14H14ClFN2O2S/c15-12-2-1-3-13(14(12)16)18-21(19,20)11-6-4-10(5-7-11)8-9-17/h1-7,18H,8-9,17H2. The SMILES string of the molecule is NCCc1ccc(S(=O)(=O)Nc2cccc(Cl)c2F)cc1. The molecule has 112 valence electrons. The fourth-order valence-electron chi connectivity index (χ4n) is 1.79. The van der Waals surface area contributed by atoms with Gasteiger partial charge in [0.2, 0.25) is 0 Å². The second kappa shape index (κ2) is 6.43. The Kier molecular flexibility index (Phi) is 4.82. The van der Waals surface area contributed by atoms with E-state index in [1.54, 1.807) is 12.1 Å². The third-order valence-electron chi connectivity index (χ3n) is 2.86. The van der Waals surface area contributed by atoms with Crippen molar-refractivity contribution in [1.82, 2.24) is 0 Å². The van der Waals surface area contributed by atoms with Gasteiger partial charge in [0.15, 0.2) is 5.82 Å². The second-order valence-corrected chi connectivity index (χ2v) is 6.48. The summed E-state index contributed by atoms with van der Waals surface area (Å²) in [4.78, 5) is 0.0441. The van der Waals surface area contributed by atoms with Gasteiger partial charge < -0.3 is 5.73 Å². The second-order valence-electron chi connectivity index (χ2n) is 4.39. The van der Waals surface area contributed by atoms with Gasteiger partial charge in [0.1, 0.15) is 0 Å². The number of nitrogens with two attached hydrogens (primary N) is 1. The summed E-state index contributed by atoms with van der Waals surface area (Å²) in [6.45, 7) is 0.484. The number of rotatable bonds is 5. The lowest BCUT2D eigenvalue weighted by molar-refractivity contribution is 0.598. The van der Waals surface area contributed by atoms with E-state index in [4.69, 9.17) is 17.3 Å². The number of sulfonamides is 1. The van der Waals surface area contributed by atoms with Crippen LogP contribution in [0.5, 0.6) is 0 Å². The van der Waals surface area contributed by atoms with E-state index < -0.39 is 15.8 Å². The highest BCUT2D eigenvalue weighted by Crippen LogP contribution is 2.24. The number of hydrogen-bond acceptors (Lipinski definition) is 3. The third-order valence-corrected chi connectivity index (χ3v) is 4.54. The molecule has 0 fully saturated rings. The molecule has 0 bridgehead atoms. The molecule has 0 aliphatic heterocycles. The highest BCUT2D eigenvalue weighted by Gasteiger charge is 2.17. The molecule has 0 heterocycles. The molecule has 2 aromatic rings. The first kappa shape index (κ1) is 15.8. The topological polar surface area (TPSA) is 72.2 Å². The van der Waals surface area contributed by atoms with E-state index in [-0.39, 0.29) is 15.6 Å². The average Bonchev–Trinajstić information content (AvgIpc) is 2.45. The molecule has 0 unspecified atom stereocenters. The van der Waals surface area contributed by atoms with Crippen molar-refractivity contribution in [3.8, 4) is 0 Å².